The van der Waals surface area contributed by atoms with Gasteiger partial charge in [-0.15, -0.1) is 0 Å². The number of nitrogens with one attached hydrogen (secondary N) is 1. The number of benzene rings is 1. The monoisotopic (exact) mass is 292 g/mol. The molecule has 0 bridgehead atoms. The summed E-state index contributed by atoms with van der Waals surface area (Å²) in [6.07, 6.45) is 1.97. The van der Waals surface area contributed by atoms with Gasteiger partial charge < -0.3 is 10.2 Å². The molecule has 1 aliphatic heterocycles. The van der Waals surface area contributed by atoms with Gasteiger partial charge in [0.25, 0.3) is 0 Å². The summed E-state index contributed by atoms with van der Waals surface area (Å²) >= 11 is 0. The average Bonchev–Trinajstić information content (AvgIpc) is 2.87. The minimum absolute atomic E-state index is 0.0679. The van der Waals surface area contributed by atoms with E-state index in [-0.39, 0.29) is 36.0 Å². The van der Waals surface area contributed by atoms with Crippen molar-refractivity contribution in [1.82, 2.24) is 5.32 Å². The van der Waals surface area contributed by atoms with Gasteiger partial charge in [0.15, 0.2) is 0 Å². The molecule has 1 aromatic rings. The van der Waals surface area contributed by atoms with Crippen LogP contribution in [0.25, 0.3) is 0 Å². The molecule has 0 saturated carbocycles. The first kappa shape index (κ1) is 15.5. The predicted octanol–water partition coefficient (Wildman–Crippen LogP) is 2.48. The van der Waals surface area contributed by atoms with Crippen LogP contribution in [-0.4, -0.2) is 24.4 Å². The smallest absolute Gasteiger partial charge is 0.227 e. The van der Waals surface area contributed by atoms with Crippen molar-refractivity contribution in [2.24, 2.45) is 5.92 Å². The normalized spacial score (nSPS) is 18.4. The van der Waals surface area contributed by atoms with E-state index in [2.05, 4.69) is 5.32 Å². The van der Waals surface area contributed by atoms with E-state index in [1.807, 2.05) is 13.8 Å². The van der Waals surface area contributed by atoms with Crippen LogP contribution in [-0.2, 0) is 9.59 Å². The van der Waals surface area contributed by atoms with Gasteiger partial charge in [0, 0.05) is 24.7 Å². The van der Waals surface area contributed by atoms with Crippen molar-refractivity contribution < 1.29 is 14.0 Å². The van der Waals surface area contributed by atoms with E-state index in [1.165, 1.54) is 12.1 Å². The van der Waals surface area contributed by atoms with Crippen molar-refractivity contribution in [3.8, 4) is 0 Å². The first-order chi connectivity index (χ1) is 10.0. The molecule has 1 aliphatic rings. The molecule has 0 radical (unpaired) electrons. The first-order valence-corrected chi connectivity index (χ1v) is 7.41. The molecular weight excluding hydrogens is 271 g/mol. The predicted molar refractivity (Wildman–Crippen MR) is 79.4 cm³/mol. The Balaban J connectivity index is 2.02. The topological polar surface area (TPSA) is 49.4 Å². The second-order valence-electron chi connectivity index (χ2n) is 5.40. The summed E-state index contributed by atoms with van der Waals surface area (Å²) in [6, 6.07) is 5.93. The van der Waals surface area contributed by atoms with E-state index in [1.54, 1.807) is 17.0 Å². The molecule has 1 saturated heterocycles. The van der Waals surface area contributed by atoms with Crippen molar-refractivity contribution in [3.63, 3.8) is 0 Å². The molecule has 1 fully saturated rings. The van der Waals surface area contributed by atoms with E-state index in [9.17, 15) is 14.0 Å². The molecule has 0 spiro atoms. The first-order valence-electron chi connectivity index (χ1n) is 7.41. The molecule has 21 heavy (non-hydrogen) atoms. The van der Waals surface area contributed by atoms with Gasteiger partial charge in [0.1, 0.15) is 5.82 Å². The van der Waals surface area contributed by atoms with Gasteiger partial charge in [-0.1, -0.05) is 13.8 Å². The average molecular weight is 292 g/mol. The van der Waals surface area contributed by atoms with E-state index in [4.69, 9.17) is 0 Å². The Morgan fingerprint density at radius 1 is 1.33 bits per heavy atom. The molecule has 0 unspecified atom stereocenters. The Morgan fingerprint density at radius 3 is 2.52 bits per heavy atom. The van der Waals surface area contributed by atoms with Gasteiger partial charge in [-0.05, 0) is 37.1 Å². The van der Waals surface area contributed by atoms with Gasteiger partial charge in [0.2, 0.25) is 11.8 Å². The Morgan fingerprint density at radius 2 is 1.95 bits per heavy atom. The van der Waals surface area contributed by atoms with Gasteiger partial charge in [-0.3, -0.25) is 9.59 Å². The van der Waals surface area contributed by atoms with Crippen molar-refractivity contribution in [2.75, 3.05) is 11.4 Å². The molecular formula is C16H21FN2O2. The Hall–Kier alpha value is -1.91. The lowest BCUT2D eigenvalue weighted by Crippen LogP contribution is -2.39. The Labute approximate surface area is 124 Å². The number of hydrogen-bond acceptors (Lipinski definition) is 2. The van der Waals surface area contributed by atoms with Gasteiger partial charge in [-0.2, -0.15) is 0 Å². The molecule has 0 aliphatic carbocycles. The third kappa shape index (κ3) is 3.60. The minimum Gasteiger partial charge on any atom is -0.353 e. The van der Waals surface area contributed by atoms with Crippen LogP contribution in [0.2, 0.25) is 0 Å². The van der Waals surface area contributed by atoms with Gasteiger partial charge in [0.05, 0.1) is 5.92 Å². The second-order valence-corrected chi connectivity index (χ2v) is 5.40. The lowest BCUT2D eigenvalue weighted by Gasteiger charge is -2.19. The quantitative estimate of drug-likeness (QED) is 0.906. The third-order valence-electron chi connectivity index (χ3n) is 3.97. The number of hydrogen-bond donors (Lipinski definition) is 1. The molecule has 1 heterocycles. The highest BCUT2D eigenvalue weighted by molar-refractivity contribution is 6.00. The summed E-state index contributed by atoms with van der Waals surface area (Å²) in [6.45, 7) is 4.41. The van der Waals surface area contributed by atoms with Crippen LogP contribution < -0.4 is 10.2 Å². The van der Waals surface area contributed by atoms with Crippen LogP contribution in [0.5, 0.6) is 0 Å². The zero-order valence-electron chi connectivity index (χ0n) is 12.4. The van der Waals surface area contributed by atoms with E-state index in [0.717, 1.165) is 12.8 Å². The number of nitrogens with zero attached hydrogens (tertiary/aromatic N) is 1. The van der Waals surface area contributed by atoms with Crippen molar-refractivity contribution >= 4 is 17.5 Å². The van der Waals surface area contributed by atoms with Crippen LogP contribution in [0.4, 0.5) is 10.1 Å². The highest BCUT2D eigenvalue weighted by Gasteiger charge is 2.35. The fraction of sp³-hybridized carbons (Fsp3) is 0.500. The number of carbonyl (C=O) groups is 2. The molecule has 0 aromatic heterocycles. The van der Waals surface area contributed by atoms with Crippen molar-refractivity contribution in [2.45, 2.75) is 39.2 Å². The second kappa shape index (κ2) is 6.70. The lowest BCUT2D eigenvalue weighted by molar-refractivity contribution is -0.127. The number of amides is 2. The molecule has 5 heteroatoms. The third-order valence-corrected chi connectivity index (χ3v) is 3.97. The summed E-state index contributed by atoms with van der Waals surface area (Å²) in [7, 11) is 0. The number of carbonyl (C=O) groups excluding carboxylic acids is 2. The maximum atomic E-state index is 12.9. The van der Waals surface area contributed by atoms with E-state index in [0.29, 0.717) is 12.2 Å². The Kier molecular flexibility index (Phi) is 4.94. The van der Waals surface area contributed by atoms with Crippen LogP contribution in [0.15, 0.2) is 24.3 Å². The van der Waals surface area contributed by atoms with Crippen molar-refractivity contribution in [1.29, 1.82) is 0 Å². The zero-order valence-corrected chi connectivity index (χ0v) is 12.4. The van der Waals surface area contributed by atoms with Crippen molar-refractivity contribution in [3.05, 3.63) is 30.1 Å². The fourth-order valence-corrected chi connectivity index (χ4v) is 2.57. The molecule has 2 rings (SSSR count). The molecule has 1 N–H and O–H groups in total. The molecule has 4 nitrogen and oxygen atoms in total. The number of halogens is 1. The largest absolute Gasteiger partial charge is 0.353 e. The van der Waals surface area contributed by atoms with Crippen LogP contribution in [0.1, 0.15) is 33.1 Å². The molecule has 1 atom stereocenters. The zero-order chi connectivity index (χ0) is 15.4. The summed E-state index contributed by atoms with van der Waals surface area (Å²) in [4.78, 5) is 25.8. The highest BCUT2D eigenvalue weighted by atomic mass is 19.1. The maximum Gasteiger partial charge on any atom is 0.227 e. The van der Waals surface area contributed by atoms with E-state index >= 15 is 0 Å². The van der Waals surface area contributed by atoms with Gasteiger partial charge in [-0.25, -0.2) is 4.39 Å². The van der Waals surface area contributed by atoms with E-state index < -0.39 is 0 Å². The standard InChI is InChI=1S/C16H21FN2O2/c1-3-13(4-2)18-16(21)11-9-15(20)19(10-11)14-7-5-12(17)6-8-14/h5-8,11,13H,3-4,9-10H2,1-2H3,(H,18,21)/t11-/m1/s1. The van der Waals surface area contributed by atoms with Gasteiger partial charge >= 0.3 is 0 Å². The highest BCUT2D eigenvalue weighted by Crippen LogP contribution is 2.25. The maximum absolute atomic E-state index is 12.9. The number of anilines is 1. The number of rotatable bonds is 5. The minimum atomic E-state index is -0.339. The molecule has 1 aromatic carbocycles. The summed E-state index contributed by atoms with van der Waals surface area (Å²) in [5.74, 6) is -0.829. The fourth-order valence-electron chi connectivity index (χ4n) is 2.57. The van der Waals surface area contributed by atoms with Crippen LogP contribution >= 0.6 is 0 Å². The Bertz CT molecular complexity index is 512. The summed E-state index contributed by atoms with van der Waals surface area (Å²) in [5, 5.41) is 2.98. The molecule has 2 amide bonds. The molecule has 114 valence electrons. The van der Waals surface area contributed by atoms with Crippen LogP contribution in [0.3, 0.4) is 0 Å². The lowest BCUT2D eigenvalue weighted by atomic mass is 10.1. The summed E-state index contributed by atoms with van der Waals surface area (Å²) in [5.41, 5.74) is 0.638. The van der Waals surface area contributed by atoms with Crippen LogP contribution in [0, 0.1) is 11.7 Å². The summed E-state index contributed by atoms with van der Waals surface area (Å²) < 4.78 is 12.9. The SMILES string of the molecule is CCC(CC)NC(=O)[C@@H]1CC(=O)N(c2ccc(F)cc2)C1.